The van der Waals surface area contributed by atoms with E-state index in [0.717, 1.165) is 30.1 Å². The van der Waals surface area contributed by atoms with Gasteiger partial charge in [-0.1, -0.05) is 12.8 Å². The normalized spacial score (nSPS) is 44.7. The number of nitrogens with one attached hydrogen (secondary N) is 1. The molecule has 0 aliphatic heterocycles. The number of carbonyl (C=O) groups is 1. The summed E-state index contributed by atoms with van der Waals surface area (Å²) in [6.07, 6.45) is 13.2. The third-order valence-electron chi connectivity index (χ3n) is 6.50. The van der Waals surface area contributed by atoms with E-state index < -0.39 is 0 Å². The lowest BCUT2D eigenvalue weighted by molar-refractivity contribution is -0.126. The summed E-state index contributed by atoms with van der Waals surface area (Å²) >= 11 is 0. The molecule has 2 nitrogen and oxygen atoms in total. The Hall–Kier alpha value is -0.530. The van der Waals surface area contributed by atoms with E-state index in [4.69, 9.17) is 0 Å². The molecule has 1 amide bonds. The first kappa shape index (κ1) is 12.2. The molecule has 0 heterocycles. The number of carbonyl (C=O) groups excluding carboxylic acids is 1. The second-order valence-electron chi connectivity index (χ2n) is 7.88. The summed E-state index contributed by atoms with van der Waals surface area (Å²) < 4.78 is 0. The van der Waals surface area contributed by atoms with Crippen molar-refractivity contribution in [1.82, 2.24) is 5.32 Å². The summed E-state index contributed by atoms with van der Waals surface area (Å²) in [6, 6.07) is 0.543. The molecule has 5 fully saturated rings. The number of rotatable bonds is 3. The molecule has 5 saturated carbocycles. The molecule has 5 aliphatic carbocycles. The molecule has 0 unspecified atom stereocenters. The zero-order chi connectivity index (χ0) is 12.8. The predicted molar refractivity (Wildman–Crippen MR) is 75.6 cm³/mol. The lowest BCUT2D eigenvalue weighted by atomic mass is 9.54. The minimum absolute atomic E-state index is 0.365. The van der Waals surface area contributed by atoms with E-state index in [1.165, 1.54) is 57.8 Å². The molecule has 4 bridgehead atoms. The van der Waals surface area contributed by atoms with Crippen molar-refractivity contribution in [3.05, 3.63) is 0 Å². The maximum Gasteiger partial charge on any atom is 0.220 e. The molecule has 106 valence electrons. The summed E-state index contributed by atoms with van der Waals surface area (Å²) in [5, 5.41) is 3.45. The van der Waals surface area contributed by atoms with Crippen LogP contribution in [0.5, 0.6) is 0 Å². The maximum absolute atomic E-state index is 12.3. The van der Waals surface area contributed by atoms with Crippen molar-refractivity contribution in [1.29, 1.82) is 0 Å². The van der Waals surface area contributed by atoms with Gasteiger partial charge in [0.25, 0.3) is 0 Å². The first-order valence-corrected chi connectivity index (χ1v) is 8.57. The maximum atomic E-state index is 12.3. The van der Waals surface area contributed by atoms with Gasteiger partial charge in [0.15, 0.2) is 0 Å². The van der Waals surface area contributed by atoms with Crippen LogP contribution in [-0.2, 0) is 4.79 Å². The van der Waals surface area contributed by atoms with Crippen LogP contribution in [0.3, 0.4) is 0 Å². The molecular weight excluding hydrogens is 234 g/mol. The lowest BCUT2D eigenvalue weighted by Crippen LogP contribution is -2.55. The van der Waals surface area contributed by atoms with Gasteiger partial charge in [-0.15, -0.1) is 0 Å². The molecule has 5 aliphatic rings. The van der Waals surface area contributed by atoms with Crippen LogP contribution < -0.4 is 5.32 Å². The van der Waals surface area contributed by atoms with Crippen LogP contribution >= 0.6 is 0 Å². The molecule has 0 radical (unpaired) electrons. The van der Waals surface area contributed by atoms with Crippen molar-refractivity contribution in [2.24, 2.45) is 29.6 Å². The number of hydrogen-bond acceptors (Lipinski definition) is 1. The highest BCUT2D eigenvalue weighted by molar-refractivity contribution is 5.76. The van der Waals surface area contributed by atoms with Gasteiger partial charge < -0.3 is 5.32 Å². The average Bonchev–Trinajstić information content (AvgIpc) is 2.85. The molecule has 19 heavy (non-hydrogen) atoms. The molecule has 0 aromatic rings. The molecule has 0 saturated heterocycles. The van der Waals surface area contributed by atoms with Gasteiger partial charge in [-0.3, -0.25) is 4.79 Å². The Morgan fingerprint density at radius 2 is 1.47 bits per heavy atom. The highest BCUT2D eigenvalue weighted by atomic mass is 16.1. The van der Waals surface area contributed by atoms with E-state index in [-0.39, 0.29) is 0 Å². The molecule has 5 rings (SSSR count). The summed E-state index contributed by atoms with van der Waals surface area (Å²) in [6.45, 7) is 0. The molecular formula is C17H27NO. The van der Waals surface area contributed by atoms with E-state index in [1.54, 1.807) is 0 Å². The SMILES string of the molecule is O=C(CC1CCCC1)NC1C2CC3CC(C2)CC1C3. The Labute approximate surface area is 116 Å². The monoisotopic (exact) mass is 261 g/mol. The third kappa shape index (κ3) is 2.32. The van der Waals surface area contributed by atoms with Crippen molar-refractivity contribution < 1.29 is 4.79 Å². The first-order valence-electron chi connectivity index (χ1n) is 8.57. The Balaban J connectivity index is 1.36. The van der Waals surface area contributed by atoms with Crippen LogP contribution in [0.4, 0.5) is 0 Å². The van der Waals surface area contributed by atoms with Crippen molar-refractivity contribution >= 4 is 5.91 Å². The van der Waals surface area contributed by atoms with Gasteiger partial charge in [0.05, 0.1) is 0 Å². The van der Waals surface area contributed by atoms with Gasteiger partial charge in [0.2, 0.25) is 5.91 Å². The van der Waals surface area contributed by atoms with Crippen LogP contribution in [-0.4, -0.2) is 11.9 Å². The minimum Gasteiger partial charge on any atom is -0.353 e. The van der Waals surface area contributed by atoms with Crippen molar-refractivity contribution in [2.75, 3.05) is 0 Å². The fourth-order valence-corrected chi connectivity index (χ4v) is 5.88. The fourth-order valence-electron chi connectivity index (χ4n) is 5.88. The van der Waals surface area contributed by atoms with Gasteiger partial charge >= 0.3 is 0 Å². The quantitative estimate of drug-likeness (QED) is 0.827. The smallest absolute Gasteiger partial charge is 0.220 e. The van der Waals surface area contributed by atoms with Crippen LogP contribution in [0.1, 0.15) is 64.2 Å². The van der Waals surface area contributed by atoms with Crippen molar-refractivity contribution in [3.8, 4) is 0 Å². The van der Waals surface area contributed by atoms with Gasteiger partial charge in [0, 0.05) is 12.5 Å². The average molecular weight is 261 g/mol. The van der Waals surface area contributed by atoms with Crippen molar-refractivity contribution in [2.45, 2.75) is 70.3 Å². The van der Waals surface area contributed by atoms with E-state index in [0.29, 0.717) is 17.9 Å². The Bertz CT molecular complexity index is 330. The Morgan fingerprint density at radius 1 is 0.895 bits per heavy atom. The fraction of sp³-hybridized carbons (Fsp3) is 0.941. The van der Waals surface area contributed by atoms with Gasteiger partial charge in [0.1, 0.15) is 0 Å². The van der Waals surface area contributed by atoms with Crippen LogP contribution in [0, 0.1) is 29.6 Å². The van der Waals surface area contributed by atoms with E-state index in [9.17, 15) is 4.79 Å². The minimum atomic E-state index is 0.365. The van der Waals surface area contributed by atoms with Crippen molar-refractivity contribution in [3.63, 3.8) is 0 Å². The molecule has 1 N–H and O–H groups in total. The van der Waals surface area contributed by atoms with E-state index in [1.807, 2.05) is 0 Å². The molecule has 0 spiro atoms. The van der Waals surface area contributed by atoms with Gasteiger partial charge in [-0.2, -0.15) is 0 Å². The highest BCUT2D eigenvalue weighted by Gasteiger charge is 2.48. The van der Waals surface area contributed by atoms with Crippen LogP contribution in [0.2, 0.25) is 0 Å². The number of hydrogen-bond donors (Lipinski definition) is 1. The predicted octanol–water partition coefficient (Wildman–Crippen LogP) is 3.51. The largest absolute Gasteiger partial charge is 0.353 e. The second kappa shape index (κ2) is 4.79. The zero-order valence-corrected chi connectivity index (χ0v) is 11.9. The van der Waals surface area contributed by atoms with Gasteiger partial charge in [-0.05, 0) is 74.5 Å². The summed E-state index contributed by atoms with van der Waals surface area (Å²) in [5.74, 6) is 4.71. The molecule has 0 atom stereocenters. The Morgan fingerprint density at radius 3 is 2.05 bits per heavy atom. The van der Waals surface area contributed by atoms with E-state index >= 15 is 0 Å². The standard InChI is InChI=1S/C17H27NO/c19-16(10-11-3-1-2-4-11)18-17-14-6-12-5-13(8-14)9-15(17)7-12/h11-15,17H,1-10H2,(H,18,19). The molecule has 0 aromatic carbocycles. The molecule has 2 heteroatoms. The Kier molecular flexibility index (Phi) is 3.08. The highest BCUT2D eigenvalue weighted by Crippen LogP contribution is 2.53. The summed E-state index contributed by atoms with van der Waals surface area (Å²) in [7, 11) is 0. The van der Waals surface area contributed by atoms with Crippen LogP contribution in [0.15, 0.2) is 0 Å². The topological polar surface area (TPSA) is 29.1 Å². The molecule has 0 aromatic heterocycles. The second-order valence-corrected chi connectivity index (χ2v) is 7.88. The van der Waals surface area contributed by atoms with E-state index in [2.05, 4.69) is 5.32 Å². The number of amides is 1. The van der Waals surface area contributed by atoms with Crippen LogP contribution in [0.25, 0.3) is 0 Å². The third-order valence-corrected chi connectivity index (χ3v) is 6.50. The first-order chi connectivity index (χ1) is 9.28. The lowest BCUT2D eigenvalue weighted by Gasteiger charge is -2.54. The van der Waals surface area contributed by atoms with Gasteiger partial charge in [-0.25, -0.2) is 0 Å². The summed E-state index contributed by atoms with van der Waals surface area (Å²) in [4.78, 5) is 12.3. The summed E-state index contributed by atoms with van der Waals surface area (Å²) in [5.41, 5.74) is 0. The zero-order valence-electron chi connectivity index (χ0n) is 11.9.